The zero-order valence-corrected chi connectivity index (χ0v) is 8.86. The molecule has 1 fully saturated rings. The van der Waals surface area contributed by atoms with Crippen LogP contribution in [-0.4, -0.2) is 35.7 Å². The Balaban J connectivity index is 1.97. The van der Waals surface area contributed by atoms with Crippen molar-refractivity contribution in [1.29, 1.82) is 0 Å². The predicted octanol–water partition coefficient (Wildman–Crippen LogP) is 0.649. The van der Waals surface area contributed by atoms with Gasteiger partial charge in [-0.25, -0.2) is 4.98 Å². The molecule has 1 saturated heterocycles. The van der Waals surface area contributed by atoms with Crippen LogP contribution in [0.25, 0.3) is 0 Å². The van der Waals surface area contributed by atoms with Crippen molar-refractivity contribution in [3.63, 3.8) is 0 Å². The molecule has 0 aliphatic carbocycles. The highest BCUT2D eigenvalue weighted by Crippen LogP contribution is 2.12. The number of hydrogen-bond acceptors (Lipinski definition) is 5. The number of aromatic nitrogens is 2. The Morgan fingerprint density at radius 2 is 2.60 bits per heavy atom. The monoisotopic (exact) mass is 208 g/mol. The third-order valence-corrected chi connectivity index (χ3v) is 2.27. The third-order valence-electron chi connectivity index (χ3n) is 2.27. The Morgan fingerprint density at radius 1 is 1.67 bits per heavy atom. The molecule has 1 atom stereocenters. The maximum Gasteiger partial charge on any atom is 0.225 e. The fourth-order valence-electron chi connectivity index (χ4n) is 1.55. The standard InChI is InChI=1S/C10H16N4O/c1-2-12-10-13-6-4-9(14-10)15-8-3-5-11-7-8/h4,6,8,11H,2-3,5,7H2,1H3,(H,12,13,14). The van der Waals surface area contributed by atoms with E-state index in [0.29, 0.717) is 11.8 Å². The summed E-state index contributed by atoms with van der Waals surface area (Å²) in [6.45, 7) is 4.75. The maximum absolute atomic E-state index is 5.71. The molecule has 2 heterocycles. The number of anilines is 1. The van der Waals surface area contributed by atoms with Crippen LogP contribution in [0.1, 0.15) is 13.3 Å². The number of rotatable bonds is 4. The number of hydrogen-bond donors (Lipinski definition) is 2. The average molecular weight is 208 g/mol. The molecule has 0 saturated carbocycles. The van der Waals surface area contributed by atoms with Crippen LogP contribution in [0.3, 0.4) is 0 Å². The second-order valence-corrected chi connectivity index (χ2v) is 3.48. The lowest BCUT2D eigenvalue weighted by molar-refractivity contribution is 0.214. The first-order valence-electron chi connectivity index (χ1n) is 5.33. The molecule has 0 bridgehead atoms. The summed E-state index contributed by atoms with van der Waals surface area (Å²) in [7, 11) is 0. The molecule has 2 rings (SSSR count). The first-order valence-corrected chi connectivity index (χ1v) is 5.33. The molecule has 15 heavy (non-hydrogen) atoms. The van der Waals surface area contributed by atoms with Crippen LogP contribution in [0, 0.1) is 0 Å². The molecule has 1 unspecified atom stereocenters. The Kier molecular flexibility index (Phi) is 3.34. The minimum Gasteiger partial charge on any atom is -0.473 e. The lowest BCUT2D eigenvalue weighted by Gasteiger charge is -2.11. The van der Waals surface area contributed by atoms with E-state index in [1.165, 1.54) is 0 Å². The SMILES string of the molecule is CCNc1nccc(OC2CCNC2)n1. The maximum atomic E-state index is 5.71. The average Bonchev–Trinajstić information content (AvgIpc) is 2.71. The van der Waals surface area contributed by atoms with Crippen LogP contribution in [0.15, 0.2) is 12.3 Å². The van der Waals surface area contributed by atoms with E-state index >= 15 is 0 Å². The van der Waals surface area contributed by atoms with Gasteiger partial charge >= 0.3 is 0 Å². The second kappa shape index (κ2) is 4.93. The molecule has 1 aromatic heterocycles. The lowest BCUT2D eigenvalue weighted by atomic mass is 10.3. The second-order valence-electron chi connectivity index (χ2n) is 3.48. The molecule has 1 aliphatic rings. The Bertz CT molecular complexity index is 312. The summed E-state index contributed by atoms with van der Waals surface area (Å²) < 4.78 is 5.71. The zero-order valence-electron chi connectivity index (χ0n) is 8.86. The fourth-order valence-corrected chi connectivity index (χ4v) is 1.55. The lowest BCUT2D eigenvalue weighted by Crippen LogP contribution is -2.20. The Morgan fingerprint density at radius 3 is 3.33 bits per heavy atom. The van der Waals surface area contributed by atoms with Gasteiger partial charge in [0.2, 0.25) is 11.8 Å². The van der Waals surface area contributed by atoms with Gasteiger partial charge in [-0.2, -0.15) is 4.98 Å². The first-order chi connectivity index (χ1) is 7.38. The summed E-state index contributed by atoms with van der Waals surface area (Å²) in [5.74, 6) is 1.27. The van der Waals surface area contributed by atoms with Crippen molar-refractivity contribution in [1.82, 2.24) is 15.3 Å². The van der Waals surface area contributed by atoms with Crippen molar-refractivity contribution in [2.45, 2.75) is 19.4 Å². The minimum atomic E-state index is 0.245. The molecule has 2 N–H and O–H groups in total. The summed E-state index contributed by atoms with van der Waals surface area (Å²) in [5.41, 5.74) is 0. The normalized spacial score (nSPS) is 20.2. The van der Waals surface area contributed by atoms with E-state index in [1.54, 1.807) is 12.3 Å². The van der Waals surface area contributed by atoms with Gasteiger partial charge in [-0.3, -0.25) is 0 Å². The summed E-state index contributed by atoms with van der Waals surface area (Å²) >= 11 is 0. The highest BCUT2D eigenvalue weighted by atomic mass is 16.5. The Hall–Kier alpha value is -1.36. The minimum absolute atomic E-state index is 0.245. The van der Waals surface area contributed by atoms with E-state index in [2.05, 4.69) is 20.6 Å². The van der Waals surface area contributed by atoms with Crippen molar-refractivity contribution in [3.05, 3.63) is 12.3 Å². The zero-order chi connectivity index (χ0) is 10.5. The summed E-state index contributed by atoms with van der Waals surface area (Å²) in [6.07, 6.45) is 3.00. The van der Waals surface area contributed by atoms with Gasteiger partial charge in [0.05, 0.1) is 0 Å². The van der Waals surface area contributed by atoms with E-state index in [1.807, 2.05) is 6.92 Å². The Labute approximate surface area is 89.3 Å². The van der Waals surface area contributed by atoms with Gasteiger partial charge in [-0.15, -0.1) is 0 Å². The van der Waals surface area contributed by atoms with Crippen LogP contribution in [0.5, 0.6) is 5.88 Å². The molecule has 82 valence electrons. The molecule has 0 amide bonds. The number of ether oxygens (including phenoxy) is 1. The van der Waals surface area contributed by atoms with Crippen LogP contribution >= 0.6 is 0 Å². The molecule has 1 aromatic rings. The van der Waals surface area contributed by atoms with Crippen molar-refractivity contribution < 1.29 is 4.74 Å². The molecular formula is C10H16N4O. The van der Waals surface area contributed by atoms with Crippen molar-refractivity contribution in [3.8, 4) is 5.88 Å². The highest BCUT2D eigenvalue weighted by Gasteiger charge is 2.16. The summed E-state index contributed by atoms with van der Waals surface area (Å²) in [4.78, 5) is 8.34. The molecule has 0 aromatic carbocycles. The summed E-state index contributed by atoms with van der Waals surface area (Å²) in [5, 5.41) is 6.30. The van der Waals surface area contributed by atoms with E-state index in [0.717, 1.165) is 26.1 Å². The smallest absolute Gasteiger partial charge is 0.225 e. The highest BCUT2D eigenvalue weighted by molar-refractivity contribution is 5.27. The van der Waals surface area contributed by atoms with E-state index < -0.39 is 0 Å². The fraction of sp³-hybridized carbons (Fsp3) is 0.600. The molecule has 5 heteroatoms. The van der Waals surface area contributed by atoms with Crippen LogP contribution < -0.4 is 15.4 Å². The van der Waals surface area contributed by atoms with Gasteiger partial charge < -0.3 is 15.4 Å². The quantitative estimate of drug-likeness (QED) is 0.760. The van der Waals surface area contributed by atoms with Crippen molar-refractivity contribution in [2.75, 3.05) is 25.0 Å². The molecule has 1 aliphatic heterocycles. The molecular weight excluding hydrogens is 192 g/mol. The number of nitrogens with one attached hydrogen (secondary N) is 2. The van der Waals surface area contributed by atoms with Crippen molar-refractivity contribution >= 4 is 5.95 Å². The van der Waals surface area contributed by atoms with Gasteiger partial charge in [-0.1, -0.05) is 0 Å². The van der Waals surface area contributed by atoms with Gasteiger partial charge in [0.15, 0.2) is 0 Å². The summed E-state index contributed by atoms with van der Waals surface area (Å²) in [6, 6.07) is 1.79. The van der Waals surface area contributed by atoms with E-state index in [4.69, 9.17) is 4.74 Å². The van der Waals surface area contributed by atoms with Crippen LogP contribution in [0.4, 0.5) is 5.95 Å². The van der Waals surface area contributed by atoms with Gasteiger partial charge in [0.25, 0.3) is 0 Å². The van der Waals surface area contributed by atoms with Gasteiger partial charge in [-0.05, 0) is 19.9 Å². The van der Waals surface area contributed by atoms with E-state index in [-0.39, 0.29) is 6.10 Å². The van der Waals surface area contributed by atoms with Crippen LogP contribution in [0.2, 0.25) is 0 Å². The van der Waals surface area contributed by atoms with E-state index in [9.17, 15) is 0 Å². The van der Waals surface area contributed by atoms with Crippen LogP contribution in [-0.2, 0) is 0 Å². The van der Waals surface area contributed by atoms with Crippen molar-refractivity contribution in [2.24, 2.45) is 0 Å². The van der Waals surface area contributed by atoms with Gasteiger partial charge in [0, 0.05) is 25.4 Å². The predicted molar refractivity (Wildman–Crippen MR) is 58.1 cm³/mol. The largest absolute Gasteiger partial charge is 0.473 e. The molecule has 5 nitrogen and oxygen atoms in total. The third kappa shape index (κ3) is 2.79. The topological polar surface area (TPSA) is 59.1 Å². The first kappa shape index (κ1) is 10.2. The molecule has 0 radical (unpaired) electrons. The van der Waals surface area contributed by atoms with Gasteiger partial charge in [0.1, 0.15) is 6.10 Å². The number of nitrogens with zero attached hydrogens (tertiary/aromatic N) is 2. The molecule has 0 spiro atoms.